The summed E-state index contributed by atoms with van der Waals surface area (Å²) in [6.07, 6.45) is 8.95. The maximum Gasteiger partial charge on any atom is 0.243 e. The zero-order chi connectivity index (χ0) is 45.2. The van der Waals surface area contributed by atoms with Crippen LogP contribution in [0, 0.1) is 27.7 Å². The van der Waals surface area contributed by atoms with E-state index in [4.69, 9.17) is 0 Å². The van der Waals surface area contributed by atoms with E-state index in [1.807, 2.05) is 27.7 Å². The molecule has 0 aliphatic rings. The molecule has 62 heavy (non-hydrogen) atoms. The van der Waals surface area contributed by atoms with Gasteiger partial charge in [-0.1, -0.05) is 109 Å². The maximum atomic E-state index is 13.7. The predicted octanol–water partition coefficient (Wildman–Crippen LogP) is 8.24. The summed E-state index contributed by atoms with van der Waals surface area (Å²) in [4.78, 5) is 0.891. The third-order valence-electron chi connectivity index (χ3n) is 10.8. The van der Waals surface area contributed by atoms with Gasteiger partial charge in [0, 0.05) is 39.3 Å². The van der Waals surface area contributed by atoms with E-state index >= 15 is 0 Å². The van der Waals surface area contributed by atoms with E-state index in [1.54, 1.807) is 97.1 Å². The highest BCUT2D eigenvalue weighted by Crippen LogP contribution is 2.21. The number of nitrogens with one attached hydrogen (secondary N) is 2. The van der Waals surface area contributed by atoms with Crippen LogP contribution in [0.4, 0.5) is 0 Å². The Bertz CT molecular complexity index is 2240. The summed E-state index contributed by atoms with van der Waals surface area (Å²) < 4.78 is 114. The molecule has 12 nitrogen and oxygen atoms in total. The molecule has 0 aliphatic heterocycles. The van der Waals surface area contributed by atoms with Crippen LogP contribution in [-0.4, -0.2) is 81.6 Å². The van der Waals surface area contributed by atoms with E-state index in [0.29, 0.717) is 51.6 Å². The molecule has 0 unspecified atom stereocenters. The van der Waals surface area contributed by atoms with Gasteiger partial charge in [0.15, 0.2) is 0 Å². The minimum Gasteiger partial charge on any atom is -0.211 e. The Labute approximate surface area is 372 Å². The smallest absolute Gasteiger partial charge is 0.211 e. The first-order chi connectivity index (χ1) is 29.4. The average molecular weight is 931 g/mol. The van der Waals surface area contributed by atoms with Gasteiger partial charge < -0.3 is 0 Å². The van der Waals surface area contributed by atoms with Gasteiger partial charge in [0.1, 0.15) is 0 Å². The van der Waals surface area contributed by atoms with Crippen molar-refractivity contribution in [2.24, 2.45) is 0 Å². The minimum atomic E-state index is -3.73. The van der Waals surface area contributed by atoms with Crippen molar-refractivity contribution in [2.45, 2.75) is 124 Å². The lowest BCUT2D eigenvalue weighted by Gasteiger charge is -2.23. The van der Waals surface area contributed by atoms with Gasteiger partial charge in [-0.25, -0.2) is 43.1 Å². The first-order valence-electron chi connectivity index (χ1n) is 21.7. The SMILES string of the molecule is Cc1ccc(S(=O)(=O)NCCCCN(CCCCCCCCCCN(CCCCNS(=O)(=O)c2ccc(C)cc2)S(=O)(=O)c2ccc(C)cc2)S(=O)(=O)c2ccc(C)cc2)cc1. The molecule has 2 N–H and O–H groups in total. The fourth-order valence-corrected chi connectivity index (χ4v) is 12.1. The number of rotatable bonds is 29. The monoisotopic (exact) mass is 930 g/mol. The molecule has 342 valence electrons. The molecule has 0 spiro atoms. The maximum absolute atomic E-state index is 13.7. The molecule has 4 rings (SSSR count). The van der Waals surface area contributed by atoms with E-state index in [9.17, 15) is 33.7 Å². The summed E-state index contributed by atoms with van der Waals surface area (Å²) in [5.74, 6) is 0. The van der Waals surface area contributed by atoms with Crippen molar-refractivity contribution in [1.29, 1.82) is 0 Å². The third kappa shape index (κ3) is 16.3. The lowest BCUT2D eigenvalue weighted by Crippen LogP contribution is -2.33. The van der Waals surface area contributed by atoms with Crippen LogP contribution in [0.15, 0.2) is 117 Å². The second-order valence-electron chi connectivity index (χ2n) is 16.1. The zero-order valence-electron chi connectivity index (χ0n) is 36.8. The molecule has 16 heteroatoms. The number of nitrogens with zero attached hydrogens (tertiary/aromatic N) is 2. The molecule has 0 heterocycles. The molecule has 0 bridgehead atoms. The van der Waals surface area contributed by atoms with Crippen molar-refractivity contribution in [3.8, 4) is 0 Å². The molecule has 0 aliphatic carbocycles. The van der Waals surface area contributed by atoms with Gasteiger partial charge in [0.2, 0.25) is 40.1 Å². The van der Waals surface area contributed by atoms with E-state index in [-0.39, 0.29) is 45.8 Å². The lowest BCUT2D eigenvalue weighted by molar-refractivity contribution is 0.382. The second kappa shape index (κ2) is 24.5. The van der Waals surface area contributed by atoms with Gasteiger partial charge in [-0.15, -0.1) is 0 Å². The predicted molar refractivity (Wildman–Crippen MR) is 248 cm³/mol. The average Bonchev–Trinajstić information content (AvgIpc) is 3.23. The molecule has 4 aromatic rings. The Kier molecular flexibility index (Phi) is 20.3. The Hall–Kier alpha value is -3.48. The molecule has 0 aromatic heterocycles. The summed E-state index contributed by atoms with van der Waals surface area (Å²) >= 11 is 0. The van der Waals surface area contributed by atoms with Crippen LogP contribution in [0.25, 0.3) is 0 Å². The molecule has 0 radical (unpaired) electrons. The molecule has 4 aromatic carbocycles. The van der Waals surface area contributed by atoms with Crippen molar-refractivity contribution in [2.75, 3.05) is 39.3 Å². The first kappa shape index (κ1) is 51.2. The molecular weight excluding hydrogens is 865 g/mol. The van der Waals surface area contributed by atoms with Gasteiger partial charge in [-0.05, 0) is 115 Å². The Morgan fingerprint density at radius 3 is 0.823 bits per heavy atom. The van der Waals surface area contributed by atoms with Gasteiger partial charge in [0.05, 0.1) is 19.6 Å². The van der Waals surface area contributed by atoms with E-state index in [2.05, 4.69) is 9.44 Å². The van der Waals surface area contributed by atoms with E-state index in [1.165, 1.54) is 8.61 Å². The standard InChI is InChI=1S/C46H66N4O8S4/c1-39-17-25-43(26-18-39)59(51,52)47-33-11-15-37-49(61(55,56)45-29-21-41(3)22-30-45)35-13-9-7-5-6-8-10-14-36-50(62(57,58)46-31-23-42(4)24-32-46)38-16-12-34-48-60(53,54)44-27-19-40(2)20-28-44/h17-32,47-48H,5-16,33-38H2,1-4H3. The topological polar surface area (TPSA) is 167 Å². The highest BCUT2D eigenvalue weighted by Gasteiger charge is 2.25. The molecule has 0 fully saturated rings. The molecule has 0 saturated carbocycles. The van der Waals surface area contributed by atoms with Gasteiger partial charge in [0.25, 0.3) is 0 Å². The van der Waals surface area contributed by atoms with Crippen LogP contribution in [0.2, 0.25) is 0 Å². The number of hydrogen-bond donors (Lipinski definition) is 2. The highest BCUT2D eigenvalue weighted by molar-refractivity contribution is 7.90. The van der Waals surface area contributed by atoms with Crippen LogP contribution in [0.1, 0.15) is 99.3 Å². The first-order valence-corrected chi connectivity index (χ1v) is 27.5. The highest BCUT2D eigenvalue weighted by atomic mass is 32.2. The van der Waals surface area contributed by atoms with Gasteiger partial charge >= 0.3 is 0 Å². The lowest BCUT2D eigenvalue weighted by atomic mass is 10.1. The molecule has 0 atom stereocenters. The van der Waals surface area contributed by atoms with Crippen molar-refractivity contribution < 1.29 is 33.7 Å². The summed E-state index contributed by atoms with van der Waals surface area (Å²) in [5.41, 5.74) is 3.87. The second-order valence-corrected chi connectivity index (χ2v) is 23.5. The van der Waals surface area contributed by atoms with Crippen LogP contribution in [0.5, 0.6) is 0 Å². The van der Waals surface area contributed by atoms with Crippen LogP contribution in [-0.2, 0) is 40.1 Å². The molecule has 0 saturated heterocycles. The Morgan fingerprint density at radius 2 is 0.548 bits per heavy atom. The fraction of sp³-hybridized carbons (Fsp3) is 0.478. The Morgan fingerprint density at radius 1 is 0.323 bits per heavy atom. The summed E-state index contributed by atoms with van der Waals surface area (Å²) in [7, 11) is -14.8. The van der Waals surface area contributed by atoms with Crippen molar-refractivity contribution >= 4 is 40.1 Å². The summed E-state index contributed by atoms with van der Waals surface area (Å²) in [5, 5.41) is 0. The summed E-state index contributed by atoms with van der Waals surface area (Å²) in [6.45, 7) is 9.32. The minimum absolute atomic E-state index is 0.200. The van der Waals surface area contributed by atoms with Crippen LogP contribution >= 0.6 is 0 Å². The molecular formula is C46H66N4O8S4. The van der Waals surface area contributed by atoms with E-state index < -0.39 is 40.1 Å². The number of hydrogen-bond acceptors (Lipinski definition) is 8. The summed E-state index contributed by atoms with van der Waals surface area (Å²) in [6, 6.07) is 27.0. The number of unbranched alkanes of at least 4 members (excludes halogenated alkanes) is 9. The van der Waals surface area contributed by atoms with Gasteiger partial charge in [-0.2, -0.15) is 8.61 Å². The largest absolute Gasteiger partial charge is 0.243 e. The third-order valence-corrected chi connectivity index (χ3v) is 17.6. The number of aryl methyl sites for hydroxylation is 4. The van der Waals surface area contributed by atoms with Crippen molar-refractivity contribution in [1.82, 2.24) is 18.1 Å². The van der Waals surface area contributed by atoms with Crippen molar-refractivity contribution in [3.05, 3.63) is 119 Å². The zero-order valence-corrected chi connectivity index (χ0v) is 40.0. The Balaban J connectivity index is 1.19. The number of sulfonamides is 4. The van der Waals surface area contributed by atoms with Crippen LogP contribution < -0.4 is 9.44 Å². The molecule has 0 amide bonds. The van der Waals surface area contributed by atoms with Crippen molar-refractivity contribution in [3.63, 3.8) is 0 Å². The van der Waals surface area contributed by atoms with E-state index in [0.717, 1.165) is 60.8 Å². The van der Waals surface area contributed by atoms with Crippen LogP contribution in [0.3, 0.4) is 0 Å². The number of benzene rings is 4. The fourth-order valence-electron chi connectivity index (χ4n) is 6.90. The normalized spacial score (nSPS) is 12.7. The van der Waals surface area contributed by atoms with Gasteiger partial charge in [-0.3, -0.25) is 0 Å². The quantitative estimate of drug-likeness (QED) is 0.0514.